The van der Waals surface area contributed by atoms with E-state index >= 15 is 0 Å². The topological polar surface area (TPSA) is 30.5 Å². The summed E-state index contributed by atoms with van der Waals surface area (Å²) in [4.78, 5) is 0. The lowest BCUT2D eigenvalue weighted by atomic mass is 10.2. The van der Waals surface area contributed by atoms with Crippen molar-refractivity contribution in [3.8, 4) is 11.5 Å². The number of ether oxygens (including phenoxy) is 2. The van der Waals surface area contributed by atoms with Crippen LogP contribution in [-0.4, -0.2) is 26.3 Å². The summed E-state index contributed by atoms with van der Waals surface area (Å²) in [5, 5.41) is 3.16. The van der Waals surface area contributed by atoms with Crippen LogP contribution in [0.1, 0.15) is 0 Å². The Morgan fingerprint density at radius 1 is 1.43 bits per heavy atom. The van der Waals surface area contributed by atoms with Gasteiger partial charge in [0.05, 0.1) is 11.6 Å². The van der Waals surface area contributed by atoms with Gasteiger partial charge in [0.25, 0.3) is 0 Å². The van der Waals surface area contributed by atoms with Crippen molar-refractivity contribution in [1.82, 2.24) is 5.32 Å². The van der Waals surface area contributed by atoms with Gasteiger partial charge in [0.2, 0.25) is 0 Å². The van der Waals surface area contributed by atoms with Crippen LogP contribution in [0.5, 0.6) is 11.5 Å². The number of halogens is 1. The third kappa shape index (κ3) is 2.01. The molecule has 76 valence electrons. The van der Waals surface area contributed by atoms with E-state index in [2.05, 4.69) is 21.2 Å². The zero-order valence-electron chi connectivity index (χ0n) is 7.92. The van der Waals surface area contributed by atoms with Crippen LogP contribution in [0.2, 0.25) is 0 Å². The molecule has 1 aromatic carbocycles. The lowest BCUT2D eigenvalue weighted by Crippen LogP contribution is -2.50. The quantitative estimate of drug-likeness (QED) is 0.896. The summed E-state index contributed by atoms with van der Waals surface area (Å²) in [5.41, 5.74) is 0. The minimum absolute atomic E-state index is 0.290. The first-order valence-corrected chi connectivity index (χ1v) is 5.30. The van der Waals surface area contributed by atoms with Crippen LogP contribution in [-0.2, 0) is 0 Å². The Labute approximate surface area is 91.5 Å². The fourth-order valence-electron chi connectivity index (χ4n) is 1.23. The number of methoxy groups -OCH3 is 1. The van der Waals surface area contributed by atoms with Gasteiger partial charge in [0.1, 0.15) is 17.6 Å². The Hall–Kier alpha value is -0.740. The van der Waals surface area contributed by atoms with Crippen molar-refractivity contribution in [2.45, 2.75) is 6.10 Å². The van der Waals surface area contributed by atoms with Gasteiger partial charge in [-0.25, -0.2) is 0 Å². The Bertz CT molecular complexity index is 326. The third-order valence-corrected chi connectivity index (χ3v) is 2.83. The molecule has 0 saturated carbocycles. The molecule has 1 saturated heterocycles. The van der Waals surface area contributed by atoms with Crippen LogP contribution in [0.15, 0.2) is 22.7 Å². The van der Waals surface area contributed by atoms with E-state index in [0.29, 0.717) is 6.10 Å². The number of benzene rings is 1. The molecule has 1 N–H and O–H groups in total. The van der Waals surface area contributed by atoms with Crippen LogP contribution in [0.25, 0.3) is 0 Å². The van der Waals surface area contributed by atoms with Gasteiger partial charge in [-0.3, -0.25) is 0 Å². The van der Waals surface area contributed by atoms with Gasteiger partial charge in [0.15, 0.2) is 0 Å². The van der Waals surface area contributed by atoms with Crippen LogP contribution >= 0.6 is 15.9 Å². The van der Waals surface area contributed by atoms with E-state index in [-0.39, 0.29) is 0 Å². The molecule has 0 atom stereocenters. The molecule has 0 aromatic heterocycles. The Morgan fingerprint density at radius 2 is 2.21 bits per heavy atom. The van der Waals surface area contributed by atoms with E-state index in [9.17, 15) is 0 Å². The summed E-state index contributed by atoms with van der Waals surface area (Å²) < 4.78 is 11.8. The van der Waals surface area contributed by atoms with Crippen molar-refractivity contribution in [3.05, 3.63) is 22.7 Å². The molecule has 0 amide bonds. The highest BCUT2D eigenvalue weighted by Crippen LogP contribution is 2.30. The van der Waals surface area contributed by atoms with Gasteiger partial charge in [-0.15, -0.1) is 0 Å². The molecule has 1 fully saturated rings. The predicted octanol–water partition coefficient (Wildman–Crippen LogP) is 1.81. The third-order valence-electron chi connectivity index (χ3n) is 2.18. The fraction of sp³-hybridized carbons (Fsp3) is 0.400. The highest BCUT2D eigenvalue weighted by molar-refractivity contribution is 9.10. The first kappa shape index (κ1) is 9.80. The van der Waals surface area contributed by atoms with Crippen molar-refractivity contribution < 1.29 is 9.47 Å². The second kappa shape index (κ2) is 4.19. The minimum atomic E-state index is 0.290. The molecule has 0 aliphatic carbocycles. The second-order valence-electron chi connectivity index (χ2n) is 3.19. The molecule has 3 nitrogen and oxygen atoms in total. The van der Waals surface area contributed by atoms with Gasteiger partial charge < -0.3 is 14.8 Å². The summed E-state index contributed by atoms with van der Waals surface area (Å²) in [5.74, 6) is 1.66. The van der Waals surface area contributed by atoms with E-state index < -0.39 is 0 Å². The summed E-state index contributed by atoms with van der Waals surface area (Å²) in [7, 11) is 1.65. The summed E-state index contributed by atoms with van der Waals surface area (Å²) in [6.07, 6.45) is 0.290. The summed E-state index contributed by atoms with van der Waals surface area (Å²) >= 11 is 3.44. The number of rotatable bonds is 3. The maximum absolute atomic E-state index is 5.73. The number of hydrogen-bond acceptors (Lipinski definition) is 3. The molecule has 1 aliphatic heterocycles. The summed E-state index contributed by atoms with van der Waals surface area (Å²) in [6.45, 7) is 1.84. The smallest absolute Gasteiger partial charge is 0.137 e. The molecular weight excluding hydrogens is 246 g/mol. The lowest BCUT2D eigenvalue weighted by Gasteiger charge is -2.28. The van der Waals surface area contributed by atoms with Crippen LogP contribution in [0.4, 0.5) is 0 Å². The molecule has 2 rings (SSSR count). The zero-order chi connectivity index (χ0) is 9.97. The highest BCUT2D eigenvalue weighted by Gasteiger charge is 2.19. The first-order valence-electron chi connectivity index (χ1n) is 4.50. The average Bonchev–Trinajstić information content (AvgIpc) is 2.14. The van der Waals surface area contributed by atoms with E-state index in [0.717, 1.165) is 29.1 Å². The number of hydrogen-bond donors (Lipinski definition) is 1. The zero-order valence-corrected chi connectivity index (χ0v) is 9.50. The van der Waals surface area contributed by atoms with E-state index in [1.54, 1.807) is 7.11 Å². The van der Waals surface area contributed by atoms with E-state index in [1.165, 1.54) is 0 Å². The molecule has 0 bridgehead atoms. The molecular formula is C10H12BrNO2. The second-order valence-corrected chi connectivity index (χ2v) is 4.05. The van der Waals surface area contributed by atoms with Crippen LogP contribution in [0.3, 0.4) is 0 Å². The van der Waals surface area contributed by atoms with Gasteiger partial charge in [-0.1, -0.05) is 0 Å². The molecule has 0 unspecified atom stereocenters. The largest absolute Gasteiger partial charge is 0.497 e. The fourth-order valence-corrected chi connectivity index (χ4v) is 1.57. The molecule has 0 radical (unpaired) electrons. The van der Waals surface area contributed by atoms with Gasteiger partial charge in [0, 0.05) is 19.2 Å². The Morgan fingerprint density at radius 3 is 2.79 bits per heavy atom. The highest BCUT2D eigenvalue weighted by atomic mass is 79.9. The normalized spacial score (nSPS) is 16.1. The van der Waals surface area contributed by atoms with Crippen molar-refractivity contribution in [3.63, 3.8) is 0 Å². The monoisotopic (exact) mass is 257 g/mol. The maximum Gasteiger partial charge on any atom is 0.137 e. The molecule has 1 heterocycles. The molecule has 14 heavy (non-hydrogen) atoms. The average molecular weight is 258 g/mol. The minimum Gasteiger partial charge on any atom is -0.497 e. The molecule has 0 spiro atoms. The predicted molar refractivity (Wildman–Crippen MR) is 58.0 cm³/mol. The lowest BCUT2D eigenvalue weighted by molar-refractivity contribution is 0.141. The Kier molecular flexibility index (Phi) is 2.93. The van der Waals surface area contributed by atoms with Gasteiger partial charge >= 0.3 is 0 Å². The van der Waals surface area contributed by atoms with Gasteiger partial charge in [-0.05, 0) is 28.1 Å². The van der Waals surface area contributed by atoms with E-state index in [4.69, 9.17) is 9.47 Å². The van der Waals surface area contributed by atoms with Crippen LogP contribution in [0, 0.1) is 0 Å². The van der Waals surface area contributed by atoms with Gasteiger partial charge in [-0.2, -0.15) is 0 Å². The van der Waals surface area contributed by atoms with E-state index in [1.807, 2.05) is 18.2 Å². The maximum atomic E-state index is 5.73. The standard InChI is InChI=1S/C10H12BrNO2/c1-13-7-2-3-9(11)10(4-7)14-8-5-12-6-8/h2-4,8,12H,5-6H2,1H3. The van der Waals surface area contributed by atoms with Crippen molar-refractivity contribution in [1.29, 1.82) is 0 Å². The SMILES string of the molecule is COc1ccc(Br)c(OC2CNC2)c1. The van der Waals surface area contributed by atoms with Crippen molar-refractivity contribution >= 4 is 15.9 Å². The van der Waals surface area contributed by atoms with Crippen molar-refractivity contribution in [2.75, 3.05) is 20.2 Å². The molecule has 1 aromatic rings. The Balaban J connectivity index is 2.13. The molecule has 1 aliphatic rings. The van der Waals surface area contributed by atoms with Crippen LogP contribution < -0.4 is 14.8 Å². The molecule has 4 heteroatoms. The number of nitrogens with one attached hydrogen (secondary N) is 1. The first-order chi connectivity index (χ1) is 6.79. The van der Waals surface area contributed by atoms with Crippen molar-refractivity contribution in [2.24, 2.45) is 0 Å². The summed E-state index contributed by atoms with van der Waals surface area (Å²) in [6, 6.07) is 5.72.